The van der Waals surface area contributed by atoms with Gasteiger partial charge in [0.15, 0.2) is 18.1 Å². The molecule has 0 spiro atoms. The topological polar surface area (TPSA) is 67.8 Å². The van der Waals surface area contributed by atoms with Gasteiger partial charge in [0.2, 0.25) is 5.91 Å². The molecule has 2 N–H and O–H groups in total. The zero-order valence-corrected chi connectivity index (χ0v) is 11.5. The van der Waals surface area contributed by atoms with Gasteiger partial charge < -0.3 is 19.9 Å². The van der Waals surface area contributed by atoms with Gasteiger partial charge in [-0.25, -0.2) is 0 Å². The zero-order chi connectivity index (χ0) is 14.9. The van der Waals surface area contributed by atoms with Crippen LogP contribution in [-0.2, 0) is 10.6 Å². The summed E-state index contributed by atoms with van der Waals surface area (Å²) < 4.78 is 11.2. The Morgan fingerprint density at radius 3 is 2.48 bits per heavy atom. The second-order valence-corrected chi connectivity index (χ2v) is 4.88. The number of anilines is 1. The van der Waals surface area contributed by atoms with Crippen LogP contribution in [0, 0.1) is 0 Å². The highest BCUT2D eigenvalue weighted by atomic mass is 16.7. The molecule has 2 aromatic carbocycles. The van der Waals surface area contributed by atoms with Crippen molar-refractivity contribution in [2.45, 2.75) is 12.7 Å². The number of carbonyl (C=O) groups is 1. The van der Waals surface area contributed by atoms with Gasteiger partial charge in [-0.3, -0.25) is 4.79 Å². The molecule has 5 heteroatoms. The average Bonchev–Trinajstić information content (AvgIpc) is 2.47. The fourth-order valence-electron chi connectivity index (χ4n) is 2.20. The van der Waals surface area contributed by atoms with Gasteiger partial charge in [0.25, 0.3) is 5.79 Å². The van der Waals surface area contributed by atoms with E-state index in [0.29, 0.717) is 22.7 Å². The van der Waals surface area contributed by atoms with Crippen LogP contribution in [0.3, 0.4) is 0 Å². The molecule has 1 atom stereocenters. The number of ether oxygens (including phenoxy) is 2. The Kier molecular flexibility index (Phi) is 3.27. The first-order valence-corrected chi connectivity index (χ1v) is 6.58. The molecule has 0 saturated carbocycles. The van der Waals surface area contributed by atoms with Gasteiger partial charge in [0.1, 0.15) is 0 Å². The van der Waals surface area contributed by atoms with Crippen LogP contribution in [-0.4, -0.2) is 17.6 Å². The third kappa shape index (κ3) is 2.68. The smallest absolute Gasteiger partial charge is 0.269 e. The first kappa shape index (κ1) is 13.5. The lowest BCUT2D eigenvalue weighted by atomic mass is 10.0. The number of rotatable bonds is 2. The Labute approximate surface area is 122 Å². The maximum absolute atomic E-state index is 11.0. The molecule has 1 amide bonds. The Balaban J connectivity index is 1.85. The average molecular weight is 285 g/mol. The van der Waals surface area contributed by atoms with Gasteiger partial charge in [-0.15, -0.1) is 0 Å². The number of nitrogens with one attached hydrogen (secondary N) is 1. The van der Waals surface area contributed by atoms with Gasteiger partial charge in [0, 0.05) is 18.2 Å². The van der Waals surface area contributed by atoms with Gasteiger partial charge >= 0.3 is 0 Å². The largest absolute Gasteiger partial charge is 0.482 e. The van der Waals surface area contributed by atoms with Crippen molar-refractivity contribution in [1.29, 1.82) is 0 Å². The molecule has 0 saturated heterocycles. The monoisotopic (exact) mass is 285 g/mol. The van der Waals surface area contributed by atoms with E-state index >= 15 is 0 Å². The Bertz CT molecular complexity index is 668. The molecule has 0 unspecified atom stereocenters. The predicted molar refractivity (Wildman–Crippen MR) is 77.2 cm³/mol. The van der Waals surface area contributed by atoms with Gasteiger partial charge in [0.05, 0.1) is 0 Å². The second-order valence-electron chi connectivity index (χ2n) is 4.88. The number of para-hydroxylation sites is 2. The van der Waals surface area contributed by atoms with E-state index in [1.165, 1.54) is 6.92 Å². The SMILES string of the molecule is CC(=O)Nc1ccc([C@@]2(O)COc3ccccc3O2)cc1. The molecule has 0 radical (unpaired) electrons. The number of hydrogen-bond donors (Lipinski definition) is 2. The molecule has 0 aliphatic carbocycles. The molecule has 2 aromatic rings. The molecule has 3 rings (SSSR count). The third-order valence-electron chi connectivity index (χ3n) is 3.21. The number of fused-ring (bicyclic) bond motifs is 1. The number of hydrogen-bond acceptors (Lipinski definition) is 4. The quantitative estimate of drug-likeness (QED) is 0.888. The molecular weight excluding hydrogens is 270 g/mol. The first-order valence-electron chi connectivity index (χ1n) is 6.58. The maximum Gasteiger partial charge on any atom is 0.269 e. The summed E-state index contributed by atoms with van der Waals surface area (Å²) in [7, 11) is 0. The Morgan fingerprint density at radius 2 is 1.81 bits per heavy atom. The Morgan fingerprint density at radius 1 is 1.14 bits per heavy atom. The lowest BCUT2D eigenvalue weighted by Gasteiger charge is -2.34. The molecular formula is C16H15NO4. The molecule has 5 nitrogen and oxygen atoms in total. The van der Waals surface area contributed by atoms with Crippen LogP contribution in [0.4, 0.5) is 5.69 Å². The molecule has 1 aliphatic heterocycles. The highest BCUT2D eigenvalue weighted by Gasteiger charge is 2.37. The summed E-state index contributed by atoms with van der Waals surface area (Å²) in [6, 6.07) is 14.0. The number of carbonyl (C=O) groups excluding carboxylic acids is 1. The molecule has 108 valence electrons. The van der Waals surface area contributed by atoms with E-state index in [-0.39, 0.29) is 12.5 Å². The molecule has 0 bridgehead atoms. The summed E-state index contributed by atoms with van der Waals surface area (Å²) in [4.78, 5) is 11.0. The van der Waals surface area contributed by atoms with Gasteiger partial charge in [-0.2, -0.15) is 0 Å². The maximum atomic E-state index is 11.0. The summed E-state index contributed by atoms with van der Waals surface area (Å²) in [5, 5.41) is 13.3. The van der Waals surface area contributed by atoms with Crippen LogP contribution in [0.15, 0.2) is 48.5 Å². The minimum atomic E-state index is -1.54. The molecule has 1 aliphatic rings. The lowest BCUT2D eigenvalue weighted by molar-refractivity contribution is -0.182. The van der Waals surface area contributed by atoms with E-state index < -0.39 is 5.79 Å². The Hall–Kier alpha value is -2.53. The number of amides is 1. The van der Waals surface area contributed by atoms with Crippen LogP contribution in [0.1, 0.15) is 12.5 Å². The van der Waals surface area contributed by atoms with Gasteiger partial charge in [-0.05, 0) is 24.3 Å². The predicted octanol–water partition coefficient (Wildman–Crippen LogP) is 2.26. The van der Waals surface area contributed by atoms with Crippen LogP contribution in [0.2, 0.25) is 0 Å². The van der Waals surface area contributed by atoms with E-state index in [1.807, 2.05) is 12.1 Å². The number of benzene rings is 2. The van der Waals surface area contributed by atoms with Crippen molar-refractivity contribution in [3.63, 3.8) is 0 Å². The summed E-state index contributed by atoms with van der Waals surface area (Å²) >= 11 is 0. The normalized spacial score (nSPS) is 19.9. The van der Waals surface area contributed by atoms with E-state index in [0.717, 1.165) is 0 Å². The van der Waals surface area contributed by atoms with Crippen molar-refractivity contribution in [1.82, 2.24) is 0 Å². The van der Waals surface area contributed by atoms with Crippen LogP contribution < -0.4 is 14.8 Å². The van der Waals surface area contributed by atoms with Crippen molar-refractivity contribution in [2.75, 3.05) is 11.9 Å². The first-order chi connectivity index (χ1) is 10.1. The highest BCUT2D eigenvalue weighted by molar-refractivity contribution is 5.88. The zero-order valence-electron chi connectivity index (χ0n) is 11.5. The van der Waals surface area contributed by atoms with E-state index in [1.54, 1.807) is 36.4 Å². The molecule has 21 heavy (non-hydrogen) atoms. The van der Waals surface area contributed by atoms with E-state index in [9.17, 15) is 9.90 Å². The summed E-state index contributed by atoms with van der Waals surface area (Å²) in [5.41, 5.74) is 1.22. The van der Waals surface area contributed by atoms with Crippen LogP contribution >= 0.6 is 0 Å². The summed E-state index contributed by atoms with van der Waals surface area (Å²) in [5.74, 6) is -0.579. The molecule has 0 fully saturated rings. The highest BCUT2D eigenvalue weighted by Crippen LogP contribution is 2.38. The van der Waals surface area contributed by atoms with E-state index in [4.69, 9.17) is 9.47 Å². The van der Waals surface area contributed by atoms with Crippen LogP contribution in [0.5, 0.6) is 11.5 Å². The third-order valence-corrected chi connectivity index (χ3v) is 3.21. The second kappa shape index (κ2) is 5.10. The molecule has 0 aromatic heterocycles. The fourth-order valence-corrected chi connectivity index (χ4v) is 2.20. The van der Waals surface area contributed by atoms with Crippen molar-refractivity contribution in [2.24, 2.45) is 0 Å². The lowest BCUT2D eigenvalue weighted by Crippen LogP contribution is -2.41. The van der Waals surface area contributed by atoms with Gasteiger partial charge in [-0.1, -0.05) is 24.3 Å². The van der Waals surface area contributed by atoms with Crippen molar-refractivity contribution in [3.8, 4) is 11.5 Å². The standard InChI is InChI=1S/C16H15NO4/c1-11(18)17-13-8-6-12(7-9-13)16(19)10-20-14-4-2-3-5-15(14)21-16/h2-9,19H,10H2,1H3,(H,17,18)/t16-/m1/s1. The fraction of sp³-hybridized carbons (Fsp3) is 0.188. The van der Waals surface area contributed by atoms with Crippen molar-refractivity contribution < 1.29 is 19.4 Å². The summed E-state index contributed by atoms with van der Waals surface area (Å²) in [6.45, 7) is 1.44. The minimum absolute atomic E-state index is 0.00347. The van der Waals surface area contributed by atoms with E-state index in [2.05, 4.69) is 5.32 Å². The summed E-state index contributed by atoms with van der Waals surface area (Å²) in [6.07, 6.45) is 0. The molecule has 1 heterocycles. The number of aliphatic hydroxyl groups is 1. The van der Waals surface area contributed by atoms with Crippen LogP contribution in [0.25, 0.3) is 0 Å². The van der Waals surface area contributed by atoms with Crippen molar-refractivity contribution >= 4 is 11.6 Å². The van der Waals surface area contributed by atoms with Crippen molar-refractivity contribution in [3.05, 3.63) is 54.1 Å². The minimum Gasteiger partial charge on any atom is -0.482 e.